The third kappa shape index (κ3) is 4.35. The number of halogens is 2. The van der Waals surface area contributed by atoms with E-state index in [9.17, 15) is 4.79 Å². The van der Waals surface area contributed by atoms with Crippen LogP contribution in [0.2, 0.25) is 10.3 Å². The summed E-state index contributed by atoms with van der Waals surface area (Å²) < 4.78 is 4.76. The Bertz CT molecular complexity index is 372. The number of hydrogen-bond acceptors (Lipinski definition) is 4. The molecule has 1 aromatic heterocycles. The Morgan fingerprint density at radius 3 is 2.88 bits per heavy atom. The van der Waals surface area contributed by atoms with Gasteiger partial charge in [-0.25, -0.2) is 4.98 Å². The van der Waals surface area contributed by atoms with Crippen LogP contribution in [0.3, 0.4) is 0 Å². The molecule has 16 heavy (non-hydrogen) atoms. The molecule has 1 N–H and O–H groups in total. The number of carbonyl (C=O) groups excluding carboxylic acids is 1. The van der Waals surface area contributed by atoms with Gasteiger partial charge in [-0.1, -0.05) is 29.3 Å². The first-order valence-electron chi connectivity index (χ1n) is 4.80. The fraction of sp³-hybridized carbons (Fsp3) is 0.400. The first-order valence-corrected chi connectivity index (χ1v) is 5.56. The minimum Gasteiger partial charge on any atom is -0.465 e. The van der Waals surface area contributed by atoms with Crippen molar-refractivity contribution in [3.8, 4) is 0 Å². The van der Waals surface area contributed by atoms with Gasteiger partial charge in [0.05, 0.1) is 13.2 Å². The summed E-state index contributed by atoms with van der Waals surface area (Å²) in [5, 5.41) is 3.59. The van der Waals surface area contributed by atoms with Crippen molar-refractivity contribution in [3.63, 3.8) is 0 Å². The molecule has 0 aliphatic heterocycles. The number of rotatable bonds is 5. The lowest BCUT2D eigenvalue weighted by atomic mass is 10.3. The first-order chi connectivity index (χ1) is 7.63. The second kappa shape index (κ2) is 6.68. The zero-order chi connectivity index (χ0) is 12.0. The maximum atomic E-state index is 11.0. The quantitative estimate of drug-likeness (QED) is 0.652. The number of esters is 1. The van der Waals surface area contributed by atoms with Crippen molar-refractivity contribution in [2.45, 2.75) is 13.5 Å². The zero-order valence-electron chi connectivity index (χ0n) is 8.80. The van der Waals surface area contributed by atoms with Gasteiger partial charge < -0.3 is 10.1 Å². The number of nitrogens with one attached hydrogen (secondary N) is 1. The monoisotopic (exact) mass is 262 g/mol. The van der Waals surface area contributed by atoms with Crippen LogP contribution in [0.25, 0.3) is 0 Å². The van der Waals surface area contributed by atoms with Gasteiger partial charge in [-0.15, -0.1) is 0 Å². The maximum Gasteiger partial charge on any atom is 0.319 e. The molecule has 0 aliphatic rings. The summed E-state index contributed by atoms with van der Waals surface area (Å²) in [6, 6.07) is 3.41. The number of ether oxygens (including phenoxy) is 1. The van der Waals surface area contributed by atoms with E-state index in [1.807, 2.05) is 0 Å². The predicted octanol–water partition coefficient (Wildman–Crippen LogP) is 2.04. The van der Waals surface area contributed by atoms with E-state index in [2.05, 4.69) is 10.3 Å². The molecule has 6 heteroatoms. The number of nitrogens with zero attached hydrogens (tertiary/aromatic N) is 1. The molecule has 0 bridgehead atoms. The topological polar surface area (TPSA) is 51.2 Å². The van der Waals surface area contributed by atoms with Crippen LogP contribution in [0, 0.1) is 0 Å². The lowest BCUT2D eigenvalue weighted by Crippen LogP contribution is -2.24. The highest BCUT2D eigenvalue weighted by Gasteiger charge is 2.04. The maximum absolute atomic E-state index is 11.0. The van der Waals surface area contributed by atoms with Crippen LogP contribution >= 0.6 is 23.2 Å². The standard InChI is InChI=1S/C10H12Cl2N2O2/c1-2-16-9(15)6-13-5-7-3-4-8(11)14-10(7)12/h3-4,13H,2,5-6H2,1H3. The van der Waals surface area contributed by atoms with Gasteiger partial charge in [-0.05, 0) is 13.0 Å². The molecular weight excluding hydrogens is 251 g/mol. The molecule has 0 saturated carbocycles. The second-order valence-electron chi connectivity index (χ2n) is 2.99. The summed E-state index contributed by atoms with van der Waals surface area (Å²) in [6.07, 6.45) is 0. The first kappa shape index (κ1) is 13.2. The molecule has 0 aliphatic carbocycles. The Morgan fingerprint density at radius 2 is 2.25 bits per heavy atom. The summed E-state index contributed by atoms with van der Waals surface area (Å²) in [5.41, 5.74) is 0.787. The van der Waals surface area contributed by atoms with Gasteiger partial charge in [-0.2, -0.15) is 0 Å². The number of aromatic nitrogens is 1. The molecule has 1 rings (SSSR count). The van der Waals surface area contributed by atoms with Crippen LogP contribution in [-0.2, 0) is 16.1 Å². The normalized spacial score (nSPS) is 10.2. The highest BCUT2D eigenvalue weighted by atomic mass is 35.5. The molecular formula is C10H12Cl2N2O2. The highest BCUT2D eigenvalue weighted by molar-refractivity contribution is 6.32. The van der Waals surface area contributed by atoms with E-state index in [0.717, 1.165) is 5.56 Å². The Labute approximate surface area is 104 Å². The Balaban J connectivity index is 2.40. The molecule has 0 spiro atoms. The zero-order valence-corrected chi connectivity index (χ0v) is 10.3. The summed E-state index contributed by atoms with van der Waals surface area (Å²) in [7, 11) is 0. The molecule has 0 unspecified atom stereocenters. The molecule has 1 heterocycles. The smallest absolute Gasteiger partial charge is 0.319 e. The van der Waals surface area contributed by atoms with Gasteiger partial charge in [0.2, 0.25) is 0 Å². The third-order valence-corrected chi connectivity index (χ3v) is 2.32. The van der Waals surface area contributed by atoms with Gasteiger partial charge in [0.1, 0.15) is 10.3 Å². The highest BCUT2D eigenvalue weighted by Crippen LogP contribution is 2.15. The Kier molecular flexibility index (Phi) is 5.52. The molecule has 88 valence electrons. The van der Waals surface area contributed by atoms with Gasteiger partial charge >= 0.3 is 5.97 Å². The Morgan fingerprint density at radius 1 is 1.50 bits per heavy atom. The van der Waals surface area contributed by atoms with Gasteiger partial charge in [-0.3, -0.25) is 4.79 Å². The molecule has 0 radical (unpaired) electrons. The molecule has 4 nitrogen and oxygen atoms in total. The second-order valence-corrected chi connectivity index (χ2v) is 3.74. The largest absolute Gasteiger partial charge is 0.465 e. The lowest BCUT2D eigenvalue weighted by molar-refractivity contribution is -0.142. The lowest BCUT2D eigenvalue weighted by Gasteiger charge is -2.06. The minimum absolute atomic E-state index is 0.146. The van der Waals surface area contributed by atoms with Crippen molar-refractivity contribution in [3.05, 3.63) is 28.0 Å². The van der Waals surface area contributed by atoms with Crippen molar-refractivity contribution in [2.75, 3.05) is 13.2 Å². The van der Waals surface area contributed by atoms with Crippen LogP contribution in [0.1, 0.15) is 12.5 Å². The predicted molar refractivity (Wildman–Crippen MR) is 62.6 cm³/mol. The SMILES string of the molecule is CCOC(=O)CNCc1ccc(Cl)nc1Cl. The van der Waals surface area contributed by atoms with Gasteiger partial charge in [0, 0.05) is 12.1 Å². The van der Waals surface area contributed by atoms with Crippen molar-refractivity contribution in [2.24, 2.45) is 0 Å². The van der Waals surface area contributed by atoms with E-state index in [1.165, 1.54) is 0 Å². The third-order valence-electron chi connectivity index (χ3n) is 1.78. The molecule has 0 atom stereocenters. The van der Waals surface area contributed by atoms with E-state index in [4.69, 9.17) is 27.9 Å². The Hall–Kier alpha value is -0.840. The molecule has 0 aromatic carbocycles. The number of carbonyl (C=O) groups is 1. The summed E-state index contributed by atoms with van der Waals surface area (Å²) in [5.74, 6) is -0.291. The molecule has 1 aromatic rings. The van der Waals surface area contributed by atoms with E-state index in [-0.39, 0.29) is 12.5 Å². The fourth-order valence-corrected chi connectivity index (χ4v) is 1.50. The van der Waals surface area contributed by atoms with E-state index < -0.39 is 0 Å². The summed E-state index contributed by atoms with van der Waals surface area (Å²) in [4.78, 5) is 14.9. The van der Waals surface area contributed by atoms with Crippen molar-refractivity contribution in [1.82, 2.24) is 10.3 Å². The average molecular weight is 263 g/mol. The number of pyridine rings is 1. The molecule has 0 fully saturated rings. The minimum atomic E-state index is -0.291. The van der Waals surface area contributed by atoms with Crippen LogP contribution < -0.4 is 5.32 Å². The van der Waals surface area contributed by atoms with Crippen molar-refractivity contribution in [1.29, 1.82) is 0 Å². The fourth-order valence-electron chi connectivity index (χ4n) is 1.08. The van der Waals surface area contributed by atoms with E-state index >= 15 is 0 Å². The van der Waals surface area contributed by atoms with Crippen molar-refractivity contribution >= 4 is 29.2 Å². The average Bonchev–Trinajstić information content (AvgIpc) is 2.22. The molecule has 0 amide bonds. The van der Waals surface area contributed by atoms with Crippen LogP contribution in [0.15, 0.2) is 12.1 Å². The summed E-state index contributed by atoms with van der Waals surface area (Å²) in [6.45, 7) is 2.73. The van der Waals surface area contributed by atoms with Crippen LogP contribution in [0.4, 0.5) is 0 Å². The van der Waals surface area contributed by atoms with Crippen LogP contribution in [-0.4, -0.2) is 24.1 Å². The van der Waals surface area contributed by atoms with Gasteiger partial charge in [0.25, 0.3) is 0 Å². The van der Waals surface area contributed by atoms with Crippen LogP contribution in [0.5, 0.6) is 0 Å². The van der Waals surface area contributed by atoms with E-state index in [0.29, 0.717) is 23.5 Å². The number of hydrogen-bond donors (Lipinski definition) is 1. The van der Waals surface area contributed by atoms with E-state index in [1.54, 1.807) is 19.1 Å². The molecule has 0 saturated heterocycles. The summed E-state index contributed by atoms with van der Waals surface area (Å²) >= 11 is 11.5. The van der Waals surface area contributed by atoms with Gasteiger partial charge in [0.15, 0.2) is 0 Å². The van der Waals surface area contributed by atoms with Crippen molar-refractivity contribution < 1.29 is 9.53 Å².